The Morgan fingerprint density at radius 2 is 1.80 bits per heavy atom. The molecule has 0 unspecified atom stereocenters. The van der Waals surface area contributed by atoms with Crippen LogP contribution in [0.25, 0.3) is 0 Å². The number of amides is 1. The molecule has 0 saturated heterocycles. The van der Waals surface area contributed by atoms with E-state index in [1.165, 1.54) is 18.3 Å². The Morgan fingerprint density at radius 1 is 0.977 bits per heavy atom. The van der Waals surface area contributed by atoms with Gasteiger partial charge in [0.1, 0.15) is 18.2 Å². The zero-order chi connectivity index (χ0) is 31.5. The van der Waals surface area contributed by atoms with Gasteiger partial charge in [0.05, 0.1) is 31.0 Å². The van der Waals surface area contributed by atoms with E-state index in [1.54, 1.807) is 68.4 Å². The highest BCUT2D eigenvalue weighted by Crippen LogP contribution is 2.33. The van der Waals surface area contributed by atoms with Gasteiger partial charge in [-0.25, -0.2) is 14.6 Å². The summed E-state index contributed by atoms with van der Waals surface area (Å²) in [6.07, 6.45) is 1.46. The number of nitrogens with one attached hydrogen (secondary N) is 3. The van der Waals surface area contributed by atoms with E-state index >= 15 is 0 Å². The number of thiocarbonyl (C=S) groups is 1. The summed E-state index contributed by atoms with van der Waals surface area (Å²) in [5, 5.41) is 10.4. The lowest BCUT2D eigenvalue weighted by Crippen LogP contribution is -2.45. The third-order valence-corrected chi connectivity index (χ3v) is 6.53. The molecule has 44 heavy (non-hydrogen) atoms. The zero-order valence-electron chi connectivity index (χ0n) is 24.5. The van der Waals surface area contributed by atoms with Crippen LogP contribution in [-0.2, 0) is 20.9 Å². The van der Waals surface area contributed by atoms with Crippen LogP contribution in [0.1, 0.15) is 43.5 Å². The minimum atomic E-state index is -0.638. The summed E-state index contributed by atoms with van der Waals surface area (Å²) in [5.41, 5.74) is 5.32. The highest BCUT2D eigenvalue weighted by Gasteiger charge is 2.32. The number of para-hydroxylation sites is 1. The molecule has 3 N–H and O–H groups in total. The molecule has 0 saturated carbocycles. The van der Waals surface area contributed by atoms with Gasteiger partial charge in [-0.1, -0.05) is 30.3 Å². The minimum Gasteiger partial charge on any atom is -0.490 e. The fraction of sp³-hybridized carbons (Fsp3) is 0.250. The fourth-order valence-corrected chi connectivity index (χ4v) is 4.66. The van der Waals surface area contributed by atoms with Gasteiger partial charge in [-0.05, 0) is 80.5 Å². The highest BCUT2D eigenvalue weighted by molar-refractivity contribution is 7.80. The second-order valence-corrected chi connectivity index (χ2v) is 9.88. The van der Waals surface area contributed by atoms with E-state index in [0.717, 1.165) is 0 Å². The van der Waals surface area contributed by atoms with Crippen LogP contribution in [-0.4, -0.2) is 43.0 Å². The van der Waals surface area contributed by atoms with Gasteiger partial charge in [0.2, 0.25) is 0 Å². The van der Waals surface area contributed by atoms with Gasteiger partial charge >= 0.3 is 5.97 Å². The van der Waals surface area contributed by atoms with Crippen LogP contribution >= 0.6 is 12.2 Å². The molecule has 0 radical (unpaired) electrons. The Bertz CT molecular complexity index is 1580. The number of rotatable bonds is 13. The van der Waals surface area contributed by atoms with Crippen LogP contribution in [0, 0.1) is 5.82 Å². The summed E-state index contributed by atoms with van der Waals surface area (Å²) in [6, 6.07) is 17.8. The number of hydrogen-bond donors (Lipinski definition) is 3. The Labute approximate surface area is 260 Å². The number of nitrogens with zero attached hydrogens (tertiary/aromatic N) is 1. The molecule has 1 aliphatic rings. The van der Waals surface area contributed by atoms with E-state index in [-0.39, 0.29) is 25.6 Å². The van der Waals surface area contributed by atoms with Gasteiger partial charge in [0.15, 0.2) is 23.2 Å². The molecule has 0 aliphatic carbocycles. The van der Waals surface area contributed by atoms with Crippen molar-refractivity contribution in [2.75, 3.05) is 19.8 Å². The first-order valence-electron chi connectivity index (χ1n) is 13.9. The molecule has 1 amide bonds. The lowest BCUT2D eigenvalue weighted by Gasteiger charge is -2.30. The Hall–Kier alpha value is -4.97. The van der Waals surface area contributed by atoms with E-state index in [1.807, 2.05) is 6.92 Å². The molecule has 3 aromatic carbocycles. The summed E-state index contributed by atoms with van der Waals surface area (Å²) in [6.45, 7) is 5.78. The molecule has 3 aromatic rings. The molecule has 0 bridgehead atoms. The number of ether oxygens (including phenoxy) is 4. The lowest BCUT2D eigenvalue weighted by atomic mass is 9.95. The summed E-state index contributed by atoms with van der Waals surface area (Å²) < 4.78 is 36.1. The number of carbonyl (C=O) groups excluding carboxylic acids is 2. The molecule has 0 fully saturated rings. The third-order valence-electron chi connectivity index (χ3n) is 6.31. The van der Waals surface area contributed by atoms with Crippen LogP contribution in [0.2, 0.25) is 0 Å². The summed E-state index contributed by atoms with van der Waals surface area (Å²) >= 11 is 5.31. The minimum absolute atomic E-state index is 0.171. The van der Waals surface area contributed by atoms with Crippen molar-refractivity contribution in [1.82, 2.24) is 16.1 Å². The van der Waals surface area contributed by atoms with Gasteiger partial charge in [-0.3, -0.25) is 4.79 Å². The molecule has 4 rings (SSSR count). The first kappa shape index (κ1) is 32.0. The van der Waals surface area contributed by atoms with Gasteiger partial charge in [-0.2, -0.15) is 5.10 Å². The first-order valence-corrected chi connectivity index (χ1v) is 14.3. The van der Waals surface area contributed by atoms with E-state index in [4.69, 9.17) is 31.2 Å². The zero-order valence-corrected chi connectivity index (χ0v) is 25.3. The Kier molecular flexibility index (Phi) is 11.2. The Balaban J connectivity index is 1.38. The quantitative estimate of drug-likeness (QED) is 0.108. The Morgan fingerprint density at radius 3 is 2.57 bits per heavy atom. The molecule has 1 atom stereocenters. The number of halogens is 1. The molecule has 1 aliphatic heterocycles. The topological polar surface area (TPSA) is 120 Å². The van der Waals surface area contributed by atoms with Gasteiger partial charge in [0, 0.05) is 11.3 Å². The monoisotopic (exact) mass is 620 g/mol. The van der Waals surface area contributed by atoms with Crippen molar-refractivity contribution in [2.45, 2.75) is 33.4 Å². The summed E-state index contributed by atoms with van der Waals surface area (Å²) in [7, 11) is 0. The second kappa shape index (κ2) is 15.5. The van der Waals surface area contributed by atoms with E-state index < -0.39 is 17.9 Å². The maximum Gasteiger partial charge on any atom is 0.338 e. The van der Waals surface area contributed by atoms with Crippen molar-refractivity contribution >= 4 is 35.4 Å². The van der Waals surface area contributed by atoms with Gasteiger partial charge in [-0.15, -0.1) is 0 Å². The summed E-state index contributed by atoms with van der Waals surface area (Å²) in [4.78, 5) is 25.3. The number of esters is 1. The fourth-order valence-electron chi connectivity index (χ4n) is 4.39. The number of allylic oxidation sites excluding steroid dienone is 1. The molecule has 10 nitrogen and oxygen atoms in total. The SMILES string of the molecule is CCOC(=O)C1=C(C)NC(=S)N[C@@H]1c1ccccc1OCC(=O)NN=Cc1ccc(OCc2cccc(F)c2)c(OCC)c1. The van der Waals surface area contributed by atoms with Gasteiger partial charge < -0.3 is 29.6 Å². The normalized spacial score (nSPS) is 14.5. The smallest absolute Gasteiger partial charge is 0.338 e. The van der Waals surface area contributed by atoms with Crippen LogP contribution in [0.15, 0.2) is 83.1 Å². The molecular weight excluding hydrogens is 587 g/mol. The average Bonchev–Trinajstić information content (AvgIpc) is 2.99. The van der Waals surface area contributed by atoms with Crippen molar-refractivity contribution in [2.24, 2.45) is 5.10 Å². The predicted octanol–water partition coefficient (Wildman–Crippen LogP) is 4.69. The standard InChI is InChI=1S/C32H33FN4O6S/c1-4-40-27-16-21(13-14-26(27)42-18-22-9-8-10-23(33)15-22)17-34-37-28(38)19-43-25-12-7-6-11-24(25)30-29(31(39)41-5-2)20(3)35-32(44)36-30/h6-17,30H,4-5,18-19H2,1-3H3,(H,37,38)(H2,35,36,44)/t30-/m1/s1. The summed E-state index contributed by atoms with van der Waals surface area (Å²) in [5.74, 6) is 0.0400. The van der Waals surface area contributed by atoms with Crippen molar-refractivity contribution in [3.63, 3.8) is 0 Å². The molecule has 230 valence electrons. The van der Waals surface area contributed by atoms with Crippen LogP contribution in [0.3, 0.4) is 0 Å². The van der Waals surface area contributed by atoms with Gasteiger partial charge in [0.25, 0.3) is 5.91 Å². The van der Waals surface area contributed by atoms with Crippen molar-refractivity contribution < 1.29 is 32.9 Å². The molecule has 0 aromatic heterocycles. The van der Waals surface area contributed by atoms with Crippen molar-refractivity contribution in [3.8, 4) is 17.2 Å². The number of benzene rings is 3. The second-order valence-electron chi connectivity index (χ2n) is 9.47. The van der Waals surface area contributed by atoms with Crippen molar-refractivity contribution in [3.05, 3.63) is 101 Å². The maximum absolute atomic E-state index is 13.5. The van der Waals surface area contributed by atoms with Crippen LogP contribution < -0.4 is 30.3 Å². The first-order chi connectivity index (χ1) is 21.3. The lowest BCUT2D eigenvalue weighted by molar-refractivity contribution is -0.139. The van der Waals surface area contributed by atoms with Crippen LogP contribution in [0.5, 0.6) is 17.2 Å². The molecular formula is C32H33FN4O6S. The molecule has 0 spiro atoms. The van der Waals surface area contributed by atoms with E-state index in [9.17, 15) is 14.0 Å². The molecule has 1 heterocycles. The van der Waals surface area contributed by atoms with E-state index in [0.29, 0.717) is 56.9 Å². The highest BCUT2D eigenvalue weighted by atomic mass is 32.1. The van der Waals surface area contributed by atoms with Crippen molar-refractivity contribution in [1.29, 1.82) is 0 Å². The number of hydrazone groups is 1. The van der Waals surface area contributed by atoms with E-state index in [2.05, 4.69) is 21.2 Å². The number of carbonyl (C=O) groups is 2. The maximum atomic E-state index is 13.5. The predicted molar refractivity (Wildman–Crippen MR) is 167 cm³/mol. The number of hydrogen-bond acceptors (Lipinski definition) is 8. The average molecular weight is 621 g/mol. The molecule has 12 heteroatoms. The third kappa shape index (κ3) is 8.54. The van der Waals surface area contributed by atoms with Crippen LogP contribution in [0.4, 0.5) is 4.39 Å². The largest absolute Gasteiger partial charge is 0.490 e.